The molecule has 0 amide bonds. The molecule has 0 N–H and O–H groups in total. The summed E-state index contributed by atoms with van der Waals surface area (Å²) < 4.78 is 0. The first-order valence-electron chi connectivity index (χ1n) is 4.03. The van der Waals surface area contributed by atoms with Crippen LogP contribution in [-0.4, -0.2) is 0 Å². The van der Waals surface area contributed by atoms with Gasteiger partial charge >= 0.3 is 0 Å². The van der Waals surface area contributed by atoms with Gasteiger partial charge in [-0.15, -0.1) is 0 Å². The molecule has 0 bridgehead atoms. The first-order chi connectivity index (χ1) is 4.66. The van der Waals surface area contributed by atoms with E-state index in [1.165, 1.54) is 12.8 Å². The Kier molecular flexibility index (Phi) is 5.02. The molecule has 0 heterocycles. The van der Waals surface area contributed by atoms with Crippen molar-refractivity contribution in [2.75, 3.05) is 0 Å². The molecule has 0 radical (unpaired) electrons. The highest BCUT2D eigenvalue weighted by Crippen LogP contribution is 2.13. The molecule has 0 aromatic heterocycles. The fourth-order valence-electron chi connectivity index (χ4n) is 0.876. The summed E-state index contributed by atoms with van der Waals surface area (Å²) in [4.78, 5) is 0. The number of nitriles is 1. The lowest BCUT2D eigenvalue weighted by Gasteiger charge is -2.07. The molecule has 0 aliphatic rings. The highest BCUT2D eigenvalue weighted by molar-refractivity contribution is 4.73. The molecular weight excluding hydrogens is 122 g/mol. The largest absolute Gasteiger partial charge is 0.198 e. The summed E-state index contributed by atoms with van der Waals surface area (Å²) in [7, 11) is 0. The van der Waals surface area contributed by atoms with Gasteiger partial charge in [0.05, 0.1) is 6.07 Å². The second-order valence-corrected chi connectivity index (χ2v) is 3.44. The van der Waals surface area contributed by atoms with Gasteiger partial charge in [0.25, 0.3) is 0 Å². The Morgan fingerprint density at radius 1 is 1.20 bits per heavy atom. The normalized spacial score (nSPS) is 13.1. The zero-order valence-corrected chi connectivity index (χ0v) is 7.22. The third kappa shape index (κ3) is 5.62. The van der Waals surface area contributed by atoms with Gasteiger partial charge < -0.3 is 0 Å². The Morgan fingerprint density at radius 3 is 2.20 bits per heavy atom. The van der Waals surface area contributed by atoms with E-state index in [9.17, 15) is 0 Å². The third-order valence-electron chi connectivity index (χ3n) is 1.68. The summed E-state index contributed by atoms with van der Waals surface area (Å²) in [6.07, 6.45) is 3.17. The van der Waals surface area contributed by atoms with Crippen molar-refractivity contribution in [1.29, 1.82) is 5.26 Å². The number of hydrogen-bond acceptors (Lipinski definition) is 1. The average molecular weight is 139 g/mol. The molecule has 1 unspecified atom stereocenters. The molecule has 1 heteroatoms. The third-order valence-corrected chi connectivity index (χ3v) is 1.68. The molecule has 0 aliphatic carbocycles. The molecule has 58 valence electrons. The van der Waals surface area contributed by atoms with Crippen LogP contribution in [0, 0.1) is 23.2 Å². The highest BCUT2D eigenvalue weighted by Gasteiger charge is 2.01. The van der Waals surface area contributed by atoms with Gasteiger partial charge in [-0.25, -0.2) is 0 Å². The van der Waals surface area contributed by atoms with E-state index in [0.29, 0.717) is 12.3 Å². The van der Waals surface area contributed by atoms with Gasteiger partial charge in [0.2, 0.25) is 0 Å². The molecule has 0 aromatic rings. The van der Waals surface area contributed by atoms with Crippen LogP contribution >= 0.6 is 0 Å². The van der Waals surface area contributed by atoms with E-state index in [1.54, 1.807) is 0 Å². The minimum absolute atomic E-state index is 0.590. The molecule has 0 saturated carbocycles. The van der Waals surface area contributed by atoms with Gasteiger partial charge in [0, 0.05) is 6.42 Å². The van der Waals surface area contributed by atoms with Crippen molar-refractivity contribution in [3.8, 4) is 6.07 Å². The van der Waals surface area contributed by atoms with Crippen molar-refractivity contribution in [2.24, 2.45) is 11.8 Å². The molecule has 0 spiro atoms. The molecule has 10 heavy (non-hydrogen) atoms. The van der Waals surface area contributed by atoms with Gasteiger partial charge in [0.1, 0.15) is 0 Å². The van der Waals surface area contributed by atoms with Gasteiger partial charge in [-0.05, 0) is 18.3 Å². The van der Waals surface area contributed by atoms with Gasteiger partial charge in [0.15, 0.2) is 0 Å². The second-order valence-electron chi connectivity index (χ2n) is 3.44. The number of rotatable bonds is 4. The Balaban J connectivity index is 3.23. The van der Waals surface area contributed by atoms with Crippen molar-refractivity contribution >= 4 is 0 Å². The predicted molar refractivity (Wildman–Crippen MR) is 43.5 cm³/mol. The lowest BCUT2D eigenvalue weighted by Crippen LogP contribution is -1.96. The summed E-state index contributed by atoms with van der Waals surface area (Å²) in [6.45, 7) is 6.59. The zero-order chi connectivity index (χ0) is 7.98. The topological polar surface area (TPSA) is 23.8 Å². The van der Waals surface area contributed by atoms with Crippen LogP contribution in [0.3, 0.4) is 0 Å². The van der Waals surface area contributed by atoms with Gasteiger partial charge in [-0.2, -0.15) is 5.26 Å². The molecule has 0 saturated heterocycles. The maximum absolute atomic E-state index is 8.35. The van der Waals surface area contributed by atoms with Crippen LogP contribution in [0.4, 0.5) is 0 Å². The molecule has 0 aromatic carbocycles. The molecule has 1 nitrogen and oxygen atoms in total. The van der Waals surface area contributed by atoms with Crippen LogP contribution < -0.4 is 0 Å². The predicted octanol–water partition coefficient (Wildman–Crippen LogP) is 2.97. The summed E-state index contributed by atoms with van der Waals surface area (Å²) in [6, 6.07) is 2.19. The smallest absolute Gasteiger partial charge is 0.0624 e. The van der Waals surface area contributed by atoms with Gasteiger partial charge in [-0.1, -0.05) is 27.2 Å². The first-order valence-corrected chi connectivity index (χ1v) is 4.03. The summed E-state index contributed by atoms with van der Waals surface area (Å²) in [5, 5.41) is 8.35. The van der Waals surface area contributed by atoms with Gasteiger partial charge in [-0.3, -0.25) is 0 Å². The molecule has 1 atom stereocenters. The van der Waals surface area contributed by atoms with E-state index in [4.69, 9.17) is 5.26 Å². The molecule has 0 aliphatic heterocycles. The van der Waals surface area contributed by atoms with Crippen molar-refractivity contribution < 1.29 is 0 Å². The maximum Gasteiger partial charge on any atom is 0.0624 e. The standard InChI is InChI=1S/C9H17N/c1-8(2)4-5-9(3)6-7-10/h8-9H,4-6H2,1-3H3. The van der Waals surface area contributed by atoms with E-state index in [-0.39, 0.29) is 0 Å². The number of hydrogen-bond donors (Lipinski definition) is 0. The average Bonchev–Trinajstić information content (AvgIpc) is 1.85. The lowest BCUT2D eigenvalue weighted by atomic mass is 9.97. The molecular formula is C9H17N. The quantitative estimate of drug-likeness (QED) is 0.587. The van der Waals surface area contributed by atoms with Crippen molar-refractivity contribution in [3.05, 3.63) is 0 Å². The minimum Gasteiger partial charge on any atom is -0.198 e. The summed E-state index contributed by atoms with van der Waals surface area (Å²) in [5.41, 5.74) is 0. The first kappa shape index (κ1) is 9.49. The highest BCUT2D eigenvalue weighted by atomic mass is 14.2. The Morgan fingerprint density at radius 2 is 1.80 bits per heavy atom. The van der Waals surface area contributed by atoms with E-state index in [0.717, 1.165) is 5.92 Å². The molecule has 0 fully saturated rings. The summed E-state index contributed by atoms with van der Waals surface area (Å²) in [5.74, 6) is 1.37. The Hall–Kier alpha value is -0.510. The van der Waals surface area contributed by atoms with Crippen LogP contribution in [0.25, 0.3) is 0 Å². The van der Waals surface area contributed by atoms with E-state index in [1.807, 2.05) is 0 Å². The van der Waals surface area contributed by atoms with E-state index < -0.39 is 0 Å². The SMILES string of the molecule is CC(C)CCC(C)CC#N. The van der Waals surface area contributed by atoms with Crippen LogP contribution in [0.15, 0.2) is 0 Å². The van der Waals surface area contributed by atoms with Crippen molar-refractivity contribution in [3.63, 3.8) is 0 Å². The molecule has 0 rings (SSSR count). The fourth-order valence-corrected chi connectivity index (χ4v) is 0.876. The Labute approximate surface area is 64.1 Å². The minimum atomic E-state index is 0.590. The van der Waals surface area contributed by atoms with Crippen LogP contribution in [0.5, 0.6) is 0 Å². The van der Waals surface area contributed by atoms with Crippen LogP contribution in [0.2, 0.25) is 0 Å². The lowest BCUT2D eigenvalue weighted by molar-refractivity contribution is 0.456. The van der Waals surface area contributed by atoms with E-state index in [2.05, 4.69) is 26.8 Å². The van der Waals surface area contributed by atoms with E-state index >= 15 is 0 Å². The number of nitrogens with zero attached hydrogens (tertiary/aromatic N) is 1. The van der Waals surface area contributed by atoms with Crippen LogP contribution in [0.1, 0.15) is 40.0 Å². The van der Waals surface area contributed by atoms with Crippen LogP contribution in [-0.2, 0) is 0 Å². The summed E-state index contributed by atoms with van der Waals surface area (Å²) >= 11 is 0. The Bertz CT molecular complexity index is 110. The zero-order valence-electron chi connectivity index (χ0n) is 7.22. The maximum atomic E-state index is 8.35. The van der Waals surface area contributed by atoms with Crippen molar-refractivity contribution in [2.45, 2.75) is 40.0 Å². The van der Waals surface area contributed by atoms with Crippen molar-refractivity contribution in [1.82, 2.24) is 0 Å². The second kappa shape index (κ2) is 5.29. The monoisotopic (exact) mass is 139 g/mol. The fraction of sp³-hybridized carbons (Fsp3) is 0.889.